The summed E-state index contributed by atoms with van der Waals surface area (Å²) >= 11 is 5.95. The number of hydrogen-bond donors (Lipinski definition) is 0. The summed E-state index contributed by atoms with van der Waals surface area (Å²) in [5, 5.41) is 8.47. The second kappa shape index (κ2) is 3.78. The van der Waals surface area contributed by atoms with E-state index in [9.17, 15) is 0 Å². The van der Waals surface area contributed by atoms with E-state index in [-0.39, 0.29) is 0 Å². The summed E-state index contributed by atoms with van der Waals surface area (Å²) in [5.41, 5.74) is 2.38. The average molecular weight is 246 g/mol. The Kier molecular flexibility index (Phi) is 2.26. The highest BCUT2D eigenvalue weighted by Crippen LogP contribution is 2.16. The van der Waals surface area contributed by atoms with E-state index in [1.807, 2.05) is 24.3 Å². The lowest BCUT2D eigenvalue weighted by atomic mass is 10.3. The van der Waals surface area contributed by atoms with Gasteiger partial charge in [-0.25, -0.2) is 4.98 Å². The number of benzene rings is 1. The highest BCUT2D eigenvalue weighted by Gasteiger charge is 2.08. The highest BCUT2D eigenvalue weighted by atomic mass is 35.5. The largest absolute Gasteiger partial charge is 0.254 e. The third-order valence-electron chi connectivity index (χ3n) is 2.45. The van der Waals surface area contributed by atoms with E-state index >= 15 is 0 Å². The lowest BCUT2D eigenvalue weighted by molar-refractivity contribution is 0.793. The molecule has 0 amide bonds. The van der Waals surface area contributed by atoms with Gasteiger partial charge in [0.15, 0.2) is 11.0 Å². The van der Waals surface area contributed by atoms with Gasteiger partial charge in [0.2, 0.25) is 0 Å². The maximum absolute atomic E-state index is 5.95. The van der Waals surface area contributed by atoms with Gasteiger partial charge in [-0.1, -0.05) is 28.9 Å². The second-order valence-corrected chi connectivity index (χ2v) is 3.95. The molecule has 0 aliphatic heterocycles. The molecule has 2 aromatic heterocycles. The van der Waals surface area contributed by atoms with E-state index < -0.39 is 0 Å². The topological polar surface area (TPSA) is 56.5 Å². The summed E-state index contributed by atoms with van der Waals surface area (Å²) in [7, 11) is 0. The summed E-state index contributed by atoms with van der Waals surface area (Å²) in [4.78, 5) is 8.39. The van der Waals surface area contributed by atoms with Crippen molar-refractivity contribution in [2.75, 3.05) is 0 Å². The van der Waals surface area contributed by atoms with Crippen molar-refractivity contribution >= 4 is 22.6 Å². The van der Waals surface area contributed by atoms with Crippen LogP contribution in [0.2, 0.25) is 5.15 Å². The molecule has 0 unspecified atom stereocenters. The van der Waals surface area contributed by atoms with E-state index in [0.717, 1.165) is 11.0 Å². The molecular weight excluding hydrogens is 238 g/mol. The van der Waals surface area contributed by atoms with Gasteiger partial charge in [0.05, 0.1) is 17.4 Å². The smallest absolute Gasteiger partial charge is 0.175 e. The molecule has 6 heteroatoms. The fourth-order valence-electron chi connectivity index (χ4n) is 1.56. The van der Waals surface area contributed by atoms with Crippen LogP contribution in [0.25, 0.3) is 16.9 Å². The molecule has 0 saturated heterocycles. The second-order valence-electron chi connectivity index (χ2n) is 3.59. The van der Waals surface area contributed by atoms with Gasteiger partial charge in [-0.05, 0) is 19.1 Å². The predicted octanol–water partition coefficient (Wildman–Crippen LogP) is 2.17. The molecule has 3 rings (SSSR count). The molecule has 2 heterocycles. The molecule has 0 saturated carbocycles. The Bertz CT molecular complexity index is 691. The fourth-order valence-corrected chi connectivity index (χ4v) is 1.69. The van der Waals surface area contributed by atoms with Crippen LogP contribution in [-0.4, -0.2) is 25.0 Å². The quantitative estimate of drug-likeness (QED) is 0.659. The minimum atomic E-state index is 0.377. The summed E-state index contributed by atoms with van der Waals surface area (Å²) in [6, 6.07) is 7.65. The third kappa shape index (κ3) is 1.64. The Morgan fingerprint density at radius 1 is 1.24 bits per heavy atom. The van der Waals surface area contributed by atoms with Gasteiger partial charge in [0, 0.05) is 0 Å². The van der Waals surface area contributed by atoms with Crippen molar-refractivity contribution in [1.82, 2.24) is 25.0 Å². The molecular formula is C11H8ClN5. The summed E-state index contributed by atoms with van der Waals surface area (Å²) in [5.74, 6) is 0.564. The molecule has 0 radical (unpaired) electrons. The minimum Gasteiger partial charge on any atom is -0.254 e. The van der Waals surface area contributed by atoms with Crippen LogP contribution in [0, 0.1) is 6.92 Å². The monoisotopic (exact) mass is 245 g/mol. The SMILES string of the molecule is Cc1ncc(-n2nnc3ccccc32)nc1Cl. The van der Waals surface area contributed by atoms with Gasteiger partial charge in [-0.3, -0.25) is 4.98 Å². The van der Waals surface area contributed by atoms with Gasteiger partial charge in [0.1, 0.15) is 5.52 Å². The van der Waals surface area contributed by atoms with Crippen LogP contribution < -0.4 is 0 Å². The van der Waals surface area contributed by atoms with Crippen molar-refractivity contribution in [3.63, 3.8) is 0 Å². The zero-order valence-electron chi connectivity index (χ0n) is 9.00. The van der Waals surface area contributed by atoms with Crippen molar-refractivity contribution in [2.45, 2.75) is 6.92 Å². The molecule has 0 aliphatic rings. The number of hydrogen-bond acceptors (Lipinski definition) is 4. The molecule has 0 spiro atoms. The summed E-state index contributed by atoms with van der Waals surface area (Å²) < 4.78 is 1.62. The van der Waals surface area contributed by atoms with Crippen molar-refractivity contribution in [3.05, 3.63) is 41.3 Å². The van der Waals surface area contributed by atoms with Gasteiger partial charge >= 0.3 is 0 Å². The molecule has 0 aliphatic carbocycles. The number of halogens is 1. The number of para-hydroxylation sites is 1. The van der Waals surface area contributed by atoms with E-state index in [4.69, 9.17) is 11.6 Å². The number of aromatic nitrogens is 5. The number of fused-ring (bicyclic) bond motifs is 1. The lowest BCUT2D eigenvalue weighted by Crippen LogP contribution is -2.02. The van der Waals surface area contributed by atoms with E-state index in [1.165, 1.54) is 0 Å². The molecule has 0 bridgehead atoms. The Morgan fingerprint density at radius 3 is 2.88 bits per heavy atom. The lowest BCUT2D eigenvalue weighted by Gasteiger charge is -2.02. The van der Waals surface area contributed by atoms with Crippen molar-refractivity contribution in [3.8, 4) is 5.82 Å². The standard InChI is InChI=1S/C11H8ClN5/c1-7-11(12)14-10(6-13-7)17-9-5-3-2-4-8(9)15-16-17/h2-6H,1H3. The first-order valence-corrected chi connectivity index (χ1v) is 5.43. The van der Waals surface area contributed by atoms with Crippen molar-refractivity contribution in [1.29, 1.82) is 0 Å². The van der Waals surface area contributed by atoms with Gasteiger partial charge < -0.3 is 0 Å². The highest BCUT2D eigenvalue weighted by molar-refractivity contribution is 6.30. The maximum atomic E-state index is 5.95. The molecule has 3 aromatic rings. The van der Waals surface area contributed by atoms with Crippen LogP contribution in [0.5, 0.6) is 0 Å². The van der Waals surface area contributed by atoms with Gasteiger partial charge in [-0.2, -0.15) is 4.68 Å². The predicted molar refractivity (Wildman–Crippen MR) is 64.2 cm³/mol. The van der Waals surface area contributed by atoms with E-state index in [0.29, 0.717) is 16.7 Å². The Labute approximate surface area is 102 Å². The Morgan fingerprint density at radius 2 is 2.06 bits per heavy atom. The summed E-state index contributed by atoms with van der Waals surface area (Å²) in [6.07, 6.45) is 1.63. The fraction of sp³-hybridized carbons (Fsp3) is 0.0909. The zero-order chi connectivity index (χ0) is 11.8. The molecule has 17 heavy (non-hydrogen) atoms. The molecule has 1 aromatic carbocycles. The van der Waals surface area contributed by atoms with Crippen molar-refractivity contribution in [2.24, 2.45) is 0 Å². The first-order chi connectivity index (χ1) is 8.25. The number of rotatable bonds is 1. The molecule has 0 N–H and O–H groups in total. The third-order valence-corrected chi connectivity index (χ3v) is 2.81. The van der Waals surface area contributed by atoms with E-state index in [2.05, 4.69) is 20.3 Å². The van der Waals surface area contributed by atoms with Crippen LogP contribution in [-0.2, 0) is 0 Å². The Balaban J connectivity index is 2.24. The van der Waals surface area contributed by atoms with Crippen LogP contribution >= 0.6 is 11.6 Å². The van der Waals surface area contributed by atoms with Crippen molar-refractivity contribution < 1.29 is 0 Å². The Hall–Kier alpha value is -2.01. The molecule has 5 nitrogen and oxygen atoms in total. The first kappa shape index (κ1) is 10.2. The zero-order valence-corrected chi connectivity index (χ0v) is 9.76. The van der Waals surface area contributed by atoms with Crippen LogP contribution in [0.4, 0.5) is 0 Å². The first-order valence-electron chi connectivity index (χ1n) is 5.05. The molecule has 84 valence electrons. The normalized spacial score (nSPS) is 10.9. The van der Waals surface area contributed by atoms with Gasteiger partial charge in [0.25, 0.3) is 0 Å². The summed E-state index contributed by atoms with van der Waals surface area (Å²) in [6.45, 7) is 1.80. The molecule has 0 fully saturated rings. The van der Waals surface area contributed by atoms with Gasteiger partial charge in [-0.15, -0.1) is 5.10 Å². The molecule has 0 atom stereocenters. The minimum absolute atomic E-state index is 0.377. The number of nitrogens with zero attached hydrogens (tertiary/aromatic N) is 5. The van der Waals surface area contributed by atoms with Crippen LogP contribution in [0.1, 0.15) is 5.69 Å². The maximum Gasteiger partial charge on any atom is 0.175 e. The van der Waals surface area contributed by atoms with Crippen LogP contribution in [0.15, 0.2) is 30.5 Å². The average Bonchev–Trinajstić information content (AvgIpc) is 2.76. The number of aryl methyl sites for hydroxylation is 1. The van der Waals surface area contributed by atoms with E-state index in [1.54, 1.807) is 17.8 Å². The van der Waals surface area contributed by atoms with Crippen LogP contribution in [0.3, 0.4) is 0 Å².